The number of terminal acetylenes is 1. The molecule has 1 amide bonds. The van der Waals surface area contributed by atoms with Crippen LogP contribution in [0.25, 0.3) is 11.8 Å². The second-order valence-corrected chi connectivity index (χ2v) is 6.47. The summed E-state index contributed by atoms with van der Waals surface area (Å²) in [5, 5.41) is 18.0. The number of anilines is 2. The van der Waals surface area contributed by atoms with Gasteiger partial charge in [0.1, 0.15) is 21.1 Å². The Bertz CT molecular complexity index is 1120. The molecule has 0 radical (unpaired) electrons. The summed E-state index contributed by atoms with van der Waals surface area (Å²) in [5.74, 6) is 2.39. The van der Waals surface area contributed by atoms with Crippen LogP contribution in [0.2, 0.25) is 0 Å². The van der Waals surface area contributed by atoms with Gasteiger partial charge in [0.2, 0.25) is 0 Å². The van der Waals surface area contributed by atoms with E-state index in [0.29, 0.717) is 21.6 Å². The Labute approximate surface area is 166 Å². The van der Waals surface area contributed by atoms with Crippen LogP contribution in [0.3, 0.4) is 0 Å². The standard InChI is InChI=1S/C19H20N6O2S/c1-4-8-23-17(26)14(11-20)19-25(6-3)18(27)15(28-19)12-24-13-7-9-22-16(10-13)21-5-2/h1,7,9-10,12H,5-6,8H2,2-3H3,(H,23,26)(H2,21,22,24). The molecule has 28 heavy (non-hydrogen) atoms. The Kier molecular flexibility index (Phi) is 7.37. The first kappa shape index (κ1) is 20.7. The smallest absolute Gasteiger partial charge is 0.270 e. The number of pyridine rings is 1. The van der Waals surface area contributed by atoms with Crippen LogP contribution in [0, 0.1) is 23.7 Å². The van der Waals surface area contributed by atoms with Gasteiger partial charge in [-0.1, -0.05) is 5.92 Å². The number of nitriles is 1. The molecule has 0 unspecified atom stereocenters. The van der Waals surface area contributed by atoms with E-state index in [-0.39, 0.29) is 17.7 Å². The average Bonchev–Trinajstić information content (AvgIpc) is 3.01. The molecule has 0 aliphatic heterocycles. The molecule has 0 aliphatic carbocycles. The summed E-state index contributed by atoms with van der Waals surface area (Å²) in [6, 6.07) is 5.45. The summed E-state index contributed by atoms with van der Waals surface area (Å²) in [6.45, 7) is 4.81. The molecule has 2 rings (SSSR count). The first-order chi connectivity index (χ1) is 13.5. The SMILES string of the molecule is C#CCNC(=O)C(C#N)=c1sc(=CNc2ccnc(NCC)c2)c(=O)n1CC. The monoisotopic (exact) mass is 396 g/mol. The fourth-order valence-electron chi connectivity index (χ4n) is 2.35. The lowest BCUT2D eigenvalue weighted by atomic mass is 10.3. The van der Waals surface area contributed by atoms with E-state index in [1.807, 2.05) is 19.1 Å². The fourth-order valence-corrected chi connectivity index (χ4v) is 3.44. The van der Waals surface area contributed by atoms with Crippen molar-refractivity contribution in [1.82, 2.24) is 14.9 Å². The zero-order valence-electron chi connectivity index (χ0n) is 15.6. The van der Waals surface area contributed by atoms with Crippen LogP contribution < -0.4 is 30.7 Å². The summed E-state index contributed by atoms with van der Waals surface area (Å²) in [5.41, 5.74) is 0.324. The van der Waals surface area contributed by atoms with Crippen molar-refractivity contribution in [2.24, 2.45) is 0 Å². The molecule has 0 atom stereocenters. The van der Waals surface area contributed by atoms with E-state index in [9.17, 15) is 14.9 Å². The van der Waals surface area contributed by atoms with Crippen molar-refractivity contribution in [2.45, 2.75) is 20.4 Å². The van der Waals surface area contributed by atoms with Crippen LogP contribution in [-0.2, 0) is 11.3 Å². The highest BCUT2D eigenvalue weighted by Crippen LogP contribution is 2.11. The molecule has 0 aliphatic rings. The van der Waals surface area contributed by atoms with Crippen molar-refractivity contribution in [3.8, 4) is 18.4 Å². The van der Waals surface area contributed by atoms with Gasteiger partial charge >= 0.3 is 0 Å². The van der Waals surface area contributed by atoms with E-state index < -0.39 is 5.91 Å². The van der Waals surface area contributed by atoms with Crippen LogP contribution in [0.15, 0.2) is 23.1 Å². The number of carbonyl (C=O) groups is 1. The van der Waals surface area contributed by atoms with Crippen molar-refractivity contribution in [3.63, 3.8) is 0 Å². The lowest BCUT2D eigenvalue weighted by Crippen LogP contribution is -2.34. The maximum atomic E-state index is 12.7. The molecule has 0 spiro atoms. The average molecular weight is 396 g/mol. The Morgan fingerprint density at radius 1 is 1.46 bits per heavy atom. The molecule has 3 N–H and O–H groups in total. The quantitative estimate of drug-likeness (QED) is 0.570. The number of nitrogens with zero attached hydrogens (tertiary/aromatic N) is 3. The van der Waals surface area contributed by atoms with Crippen LogP contribution in [0.4, 0.5) is 11.5 Å². The molecular formula is C19H20N6O2S. The Hall–Kier alpha value is -3.56. The molecule has 0 bridgehead atoms. The number of hydrogen-bond donors (Lipinski definition) is 3. The second-order valence-electron chi connectivity index (χ2n) is 5.44. The van der Waals surface area contributed by atoms with Gasteiger partial charge in [0.25, 0.3) is 11.5 Å². The minimum absolute atomic E-state index is 0.00244. The third-order valence-electron chi connectivity index (χ3n) is 3.62. The van der Waals surface area contributed by atoms with Gasteiger partial charge in [0.15, 0.2) is 5.57 Å². The molecular weight excluding hydrogens is 376 g/mol. The predicted molar refractivity (Wildman–Crippen MR) is 111 cm³/mol. The van der Waals surface area contributed by atoms with Gasteiger partial charge in [-0.2, -0.15) is 5.26 Å². The molecule has 8 nitrogen and oxygen atoms in total. The van der Waals surface area contributed by atoms with Crippen LogP contribution in [-0.4, -0.2) is 28.5 Å². The van der Waals surface area contributed by atoms with E-state index in [1.165, 1.54) is 4.57 Å². The topological polar surface area (TPSA) is 112 Å². The summed E-state index contributed by atoms with van der Waals surface area (Å²) in [4.78, 5) is 29.0. The van der Waals surface area contributed by atoms with Crippen molar-refractivity contribution in [3.05, 3.63) is 37.9 Å². The highest BCUT2D eigenvalue weighted by Gasteiger charge is 2.14. The van der Waals surface area contributed by atoms with Crippen molar-refractivity contribution in [1.29, 1.82) is 5.26 Å². The maximum absolute atomic E-state index is 12.7. The van der Waals surface area contributed by atoms with E-state index >= 15 is 0 Å². The third-order valence-corrected chi connectivity index (χ3v) is 4.75. The Morgan fingerprint density at radius 3 is 2.89 bits per heavy atom. The van der Waals surface area contributed by atoms with Gasteiger partial charge < -0.3 is 16.0 Å². The zero-order valence-corrected chi connectivity index (χ0v) is 16.4. The number of carbonyl (C=O) groups excluding carboxylic acids is 1. The van der Waals surface area contributed by atoms with Crippen LogP contribution in [0.5, 0.6) is 0 Å². The highest BCUT2D eigenvalue weighted by atomic mass is 32.1. The van der Waals surface area contributed by atoms with Gasteiger partial charge in [-0.3, -0.25) is 14.2 Å². The number of amides is 1. The number of rotatable bonds is 7. The first-order valence-electron chi connectivity index (χ1n) is 8.58. The van der Waals surface area contributed by atoms with Crippen molar-refractivity contribution >= 4 is 40.5 Å². The van der Waals surface area contributed by atoms with E-state index in [1.54, 1.807) is 25.4 Å². The normalized spacial score (nSPS) is 11.9. The third kappa shape index (κ3) is 4.78. The molecule has 0 saturated carbocycles. The second kappa shape index (κ2) is 9.95. The molecule has 0 saturated heterocycles. The van der Waals surface area contributed by atoms with Gasteiger partial charge in [-0.15, -0.1) is 17.8 Å². The maximum Gasteiger partial charge on any atom is 0.270 e. The summed E-state index contributed by atoms with van der Waals surface area (Å²) >= 11 is 1.07. The zero-order chi connectivity index (χ0) is 20.5. The molecule has 9 heteroatoms. The van der Waals surface area contributed by atoms with Gasteiger partial charge in [-0.05, 0) is 19.9 Å². The van der Waals surface area contributed by atoms with E-state index in [0.717, 1.165) is 23.6 Å². The van der Waals surface area contributed by atoms with Crippen LogP contribution in [0.1, 0.15) is 13.8 Å². The first-order valence-corrected chi connectivity index (χ1v) is 9.39. The molecule has 2 aromatic rings. The molecule has 0 fully saturated rings. The van der Waals surface area contributed by atoms with Gasteiger partial charge in [0.05, 0.1) is 6.54 Å². The Balaban J connectivity index is 2.49. The minimum Gasteiger partial charge on any atom is -0.370 e. The van der Waals surface area contributed by atoms with Gasteiger partial charge in [0, 0.05) is 37.2 Å². The van der Waals surface area contributed by atoms with Crippen molar-refractivity contribution in [2.75, 3.05) is 23.7 Å². The number of thiazole rings is 1. The summed E-state index contributed by atoms with van der Waals surface area (Å²) < 4.78 is 2.06. The number of nitrogens with one attached hydrogen (secondary N) is 3. The highest BCUT2D eigenvalue weighted by molar-refractivity contribution is 7.07. The number of aromatic nitrogens is 2. The largest absolute Gasteiger partial charge is 0.370 e. The molecule has 2 heterocycles. The molecule has 0 aromatic carbocycles. The van der Waals surface area contributed by atoms with Gasteiger partial charge in [-0.25, -0.2) is 4.98 Å². The molecule has 2 aromatic heterocycles. The van der Waals surface area contributed by atoms with Crippen LogP contribution >= 0.6 is 11.3 Å². The molecule has 144 valence electrons. The minimum atomic E-state index is -0.604. The fraction of sp³-hybridized carbons (Fsp3) is 0.263. The lowest BCUT2D eigenvalue weighted by Gasteiger charge is -2.04. The number of hydrogen-bond acceptors (Lipinski definition) is 7. The summed E-state index contributed by atoms with van der Waals surface area (Å²) in [6.07, 6.45) is 8.34. The van der Waals surface area contributed by atoms with Crippen molar-refractivity contribution < 1.29 is 4.79 Å². The Morgan fingerprint density at radius 2 is 2.25 bits per heavy atom. The van der Waals surface area contributed by atoms with E-state index in [4.69, 9.17) is 6.42 Å². The summed E-state index contributed by atoms with van der Waals surface area (Å²) in [7, 11) is 0. The lowest BCUT2D eigenvalue weighted by molar-refractivity contribution is -0.115. The van der Waals surface area contributed by atoms with E-state index in [2.05, 4.69) is 26.9 Å². The predicted octanol–water partition coefficient (Wildman–Crippen LogP) is 0.0303.